The van der Waals surface area contributed by atoms with E-state index in [0.717, 1.165) is 18.8 Å². The molecule has 0 radical (unpaired) electrons. The highest BCUT2D eigenvalue weighted by atomic mass is 16.1. The molecule has 0 aromatic rings. The predicted octanol–water partition coefficient (Wildman–Crippen LogP) is 6.08. The van der Waals surface area contributed by atoms with Gasteiger partial charge < -0.3 is 4.79 Å². The molecule has 0 rings (SSSR count). The van der Waals surface area contributed by atoms with Gasteiger partial charge in [0.2, 0.25) is 0 Å². The molecule has 0 heterocycles. The molecule has 1 nitrogen and oxygen atoms in total. The molecule has 0 amide bonds. The van der Waals surface area contributed by atoms with Crippen molar-refractivity contribution in [1.29, 1.82) is 0 Å². The minimum Gasteiger partial charge on any atom is -0.300 e. The second-order valence-electron chi connectivity index (χ2n) is 5.92. The Morgan fingerprint density at radius 2 is 1.53 bits per heavy atom. The first-order valence-corrected chi connectivity index (χ1v) is 8.31. The van der Waals surface area contributed by atoms with E-state index in [4.69, 9.17) is 0 Å². The standard InChI is InChI=1S/C18H34O/c1-4-17(2)15-13-11-9-7-5-6-8-10-12-14-16-18(3)19/h5,7,17H,4,6,8-16H2,1-3H3/b7-5+. The lowest BCUT2D eigenvalue weighted by molar-refractivity contribution is -0.117. The Bertz CT molecular complexity index is 230. The van der Waals surface area contributed by atoms with Crippen LogP contribution in [0.5, 0.6) is 0 Å². The summed E-state index contributed by atoms with van der Waals surface area (Å²) < 4.78 is 0. The molecule has 0 spiro atoms. The first kappa shape index (κ1) is 18.4. The molecule has 0 bridgehead atoms. The van der Waals surface area contributed by atoms with Crippen molar-refractivity contribution in [2.45, 2.75) is 91.4 Å². The molecule has 0 fully saturated rings. The van der Waals surface area contributed by atoms with E-state index >= 15 is 0 Å². The molecule has 0 aliphatic carbocycles. The van der Waals surface area contributed by atoms with E-state index in [2.05, 4.69) is 26.0 Å². The van der Waals surface area contributed by atoms with Crippen LogP contribution in [0, 0.1) is 5.92 Å². The quantitative estimate of drug-likeness (QED) is 0.292. The van der Waals surface area contributed by atoms with Gasteiger partial charge in [-0.15, -0.1) is 0 Å². The molecular weight excluding hydrogens is 232 g/mol. The number of Topliss-reactive ketones (excluding diaryl/α,β-unsaturated/α-hetero) is 1. The zero-order valence-electron chi connectivity index (χ0n) is 13.4. The Morgan fingerprint density at radius 3 is 2.11 bits per heavy atom. The average molecular weight is 266 g/mol. The van der Waals surface area contributed by atoms with Crippen LogP contribution in [0.25, 0.3) is 0 Å². The van der Waals surface area contributed by atoms with Crippen molar-refractivity contribution in [3.05, 3.63) is 12.2 Å². The SMILES string of the molecule is CCC(C)CCCC/C=C/CCCCCCC(C)=O. The zero-order valence-corrected chi connectivity index (χ0v) is 13.4. The van der Waals surface area contributed by atoms with E-state index in [-0.39, 0.29) is 0 Å². The monoisotopic (exact) mass is 266 g/mol. The molecule has 0 N–H and O–H groups in total. The van der Waals surface area contributed by atoms with Crippen LogP contribution in [-0.2, 0) is 4.79 Å². The maximum atomic E-state index is 10.8. The van der Waals surface area contributed by atoms with E-state index in [9.17, 15) is 4.79 Å². The van der Waals surface area contributed by atoms with Gasteiger partial charge in [0, 0.05) is 6.42 Å². The highest BCUT2D eigenvalue weighted by Gasteiger charge is 1.96. The molecule has 1 unspecified atom stereocenters. The Morgan fingerprint density at radius 1 is 0.947 bits per heavy atom. The number of allylic oxidation sites excluding steroid dienone is 2. The average Bonchev–Trinajstić information content (AvgIpc) is 2.39. The Balaban J connectivity index is 3.15. The molecule has 1 heteroatoms. The molecule has 0 aromatic carbocycles. The van der Waals surface area contributed by atoms with Gasteiger partial charge in [-0.05, 0) is 44.9 Å². The maximum Gasteiger partial charge on any atom is 0.129 e. The highest BCUT2D eigenvalue weighted by molar-refractivity contribution is 5.75. The third kappa shape index (κ3) is 15.4. The van der Waals surface area contributed by atoms with Crippen LogP contribution in [0.3, 0.4) is 0 Å². The number of rotatable bonds is 13. The largest absolute Gasteiger partial charge is 0.300 e. The Hall–Kier alpha value is -0.590. The van der Waals surface area contributed by atoms with Crippen molar-refractivity contribution in [3.63, 3.8) is 0 Å². The first-order valence-electron chi connectivity index (χ1n) is 8.31. The molecule has 1 atom stereocenters. The molecular formula is C18H34O. The van der Waals surface area contributed by atoms with Gasteiger partial charge >= 0.3 is 0 Å². The number of unbranched alkanes of at least 4 members (excludes halogenated alkanes) is 6. The lowest BCUT2D eigenvalue weighted by atomic mass is 10.0. The molecule has 0 aromatic heterocycles. The van der Waals surface area contributed by atoms with Gasteiger partial charge in [-0.3, -0.25) is 0 Å². The van der Waals surface area contributed by atoms with Gasteiger partial charge in [-0.25, -0.2) is 0 Å². The lowest BCUT2D eigenvalue weighted by Gasteiger charge is -2.06. The fourth-order valence-corrected chi connectivity index (χ4v) is 2.18. The molecule has 0 aliphatic rings. The summed E-state index contributed by atoms with van der Waals surface area (Å²) >= 11 is 0. The van der Waals surface area contributed by atoms with E-state index in [1.54, 1.807) is 6.92 Å². The molecule has 112 valence electrons. The van der Waals surface area contributed by atoms with Crippen molar-refractivity contribution in [2.24, 2.45) is 5.92 Å². The van der Waals surface area contributed by atoms with Gasteiger partial charge in [0.05, 0.1) is 0 Å². The number of ketones is 1. The van der Waals surface area contributed by atoms with Gasteiger partial charge in [-0.2, -0.15) is 0 Å². The molecule has 0 saturated carbocycles. The van der Waals surface area contributed by atoms with E-state index in [1.165, 1.54) is 57.8 Å². The molecule has 0 saturated heterocycles. The zero-order chi connectivity index (χ0) is 14.3. The van der Waals surface area contributed by atoms with Crippen LogP contribution in [0.4, 0.5) is 0 Å². The fraction of sp³-hybridized carbons (Fsp3) is 0.833. The van der Waals surface area contributed by atoms with Crippen LogP contribution >= 0.6 is 0 Å². The summed E-state index contributed by atoms with van der Waals surface area (Å²) in [5.74, 6) is 1.23. The number of carbonyl (C=O) groups is 1. The number of carbonyl (C=O) groups excluding carboxylic acids is 1. The second-order valence-corrected chi connectivity index (χ2v) is 5.92. The smallest absolute Gasteiger partial charge is 0.129 e. The maximum absolute atomic E-state index is 10.8. The first-order chi connectivity index (χ1) is 9.16. The van der Waals surface area contributed by atoms with Crippen molar-refractivity contribution < 1.29 is 4.79 Å². The summed E-state index contributed by atoms with van der Waals surface area (Å²) in [7, 11) is 0. The number of hydrogen-bond acceptors (Lipinski definition) is 1. The van der Waals surface area contributed by atoms with Crippen LogP contribution < -0.4 is 0 Å². The van der Waals surface area contributed by atoms with Crippen LogP contribution in [0.2, 0.25) is 0 Å². The summed E-state index contributed by atoms with van der Waals surface area (Å²) in [6.45, 7) is 6.31. The highest BCUT2D eigenvalue weighted by Crippen LogP contribution is 2.12. The van der Waals surface area contributed by atoms with Gasteiger partial charge in [0.1, 0.15) is 5.78 Å². The van der Waals surface area contributed by atoms with Crippen molar-refractivity contribution in [1.82, 2.24) is 0 Å². The van der Waals surface area contributed by atoms with Crippen LogP contribution in [-0.4, -0.2) is 5.78 Å². The summed E-state index contributed by atoms with van der Waals surface area (Å²) in [4.78, 5) is 10.8. The Labute approximate surface area is 120 Å². The Kier molecular flexibility index (Phi) is 13.4. The topological polar surface area (TPSA) is 17.1 Å². The van der Waals surface area contributed by atoms with Gasteiger partial charge in [-0.1, -0.05) is 58.1 Å². The van der Waals surface area contributed by atoms with Crippen molar-refractivity contribution >= 4 is 5.78 Å². The van der Waals surface area contributed by atoms with Crippen LogP contribution in [0.15, 0.2) is 12.2 Å². The molecule has 0 aliphatic heterocycles. The van der Waals surface area contributed by atoms with Gasteiger partial charge in [0.15, 0.2) is 0 Å². The minimum atomic E-state index is 0.331. The number of hydrogen-bond donors (Lipinski definition) is 0. The summed E-state index contributed by atoms with van der Waals surface area (Å²) in [6.07, 6.45) is 18.2. The third-order valence-electron chi connectivity index (χ3n) is 3.83. The van der Waals surface area contributed by atoms with E-state index in [0.29, 0.717) is 5.78 Å². The third-order valence-corrected chi connectivity index (χ3v) is 3.83. The summed E-state index contributed by atoms with van der Waals surface area (Å²) in [6, 6.07) is 0. The van der Waals surface area contributed by atoms with E-state index in [1.807, 2.05) is 0 Å². The van der Waals surface area contributed by atoms with Gasteiger partial charge in [0.25, 0.3) is 0 Å². The summed E-state index contributed by atoms with van der Waals surface area (Å²) in [5.41, 5.74) is 0. The van der Waals surface area contributed by atoms with Crippen molar-refractivity contribution in [2.75, 3.05) is 0 Å². The minimum absolute atomic E-state index is 0.331. The van der Waals surface area contributed by atoms with Crippen LogP contribution in [0.1, 0.15) is 91.4 Å². The summed E-state index contributed by atoms with van der Waals surface area (Å²) in [5, 5.41) is 0. The molecule has 19 heavy (non-hydrogen) atoms. The second kappa shape index (κ2) is 13.8. The fourth-order valence-electron chi connectivity index (χ4n) is 2.18. The normalized spacial score (nSPS) is 13.0. The predicted molar refractivity (Wildman–Crippen MR) is 85.4 cm³/mol. The lowest BCUT2D eigenvalue weighted by Crippen LogP contribution is -1.90. The van der Waals surface area contributed by atoms with Crippen molar-refractivity contribution in [3.8, 4) is 0 Å². The van der Waals surface area contributed by atoms with E-state index < -0.39 is 0 Å².